The highest BCUT2D eigenvalue weighted by molar-refractivity contribution is 5.87. The fourth-order valence-electron chi connectivity index (χ4n) is 4.85. The molecule has 0 heterocycles. The minimum absolute atomic E-state index is 0.0273. The van der Waals surface area contributed by atoms with E-state index in [4.69, 9.17) is 4.74 Å². The number of ether oxygens (including phenoxy) is 1. The molecule has 4 N–H and O–H groups in total. The summed E-state index contributed by atoms with van der Waals surface area (Å²) in [5.41, 5.74) is 4.61. The van der Waals surface area contributed by atoms with Crippen LogP contribution in [0.5, 0.6) is 0 Å². The molecule has 1 aliphatic rings. The number of fused-ring (bicyclic) bond motifs is 3. The molecule has 0 radical (unpaired) electrons. The summed E-state index contributed by atoms with van der Waals surface area (Å²) in [7, 11) is 0. The zero-order valence-electron chi connectivity index (χ0n) is 22.5. The lowest BCUT2D eigenvalue weighted by molar-refractivity contribution is -0.129. The van der Waals surface area contributed by atoms with E-state index in [1.807, 2.05) is 24.3 Å². The van der Waals surface area contributed by atoms with E-state index in [9.17, 15) is 19.5 Å². The first-order valence-electron chi connectivity index (χ1n) is 13.7. The third-order valence-electron chi connectivity index (χ3n) is 7.19. The van der Waals surface area contributed by atoms with Crippen LogP contribution in [0, 0.1) is 5.92 Å². The molecule has 0 saturated carbocycles. The van der Waals surface area contributed by atoms with Crippen LogP contribution >= 0.6 is 0 Å². The number of carbonyl (C=O) groups is 3. The first-order valence-corrected chi connectivity index (χ1v) is 13.7. The summed E-state index contributed by atoms with van der Waals surface area (Å²) < 4.78 is 5.56. The van der Waals surface area contributed by atoms with Gasteiger partial charge in [-0.3, -0.25) is 9.59 Å². The van der Waals surface area contributed by atoms with Gasteiger partial charge in [-0.25, -0.2) is 4.79 Å². The summed E-state index contributed by atoms with van der Waals surface area (Å²) in [6.07, 6.45) is 3.53. The topological polar surface area (TPSA) is 117 Å². The van der Waals surface area contributed by atoms with Crippen molar-refractivity contribution in [3.05, 3.63) is 59.7 Å². The lowest BCUT2D eigenvalue weighted by Gasteiger charge is -2.19. The van der Waals surface area contributed by atoms with Crippen LogP contribution in [0.4, 0.5) is 4.79 Å². The molecule has 2 atom stereocenters. The van der Waals surface area contributed by atoms with Crippen molar-refractivity contribution in [2.75, 3.05) is 26.3 Å². The minimum Gasteiger partial charge on any atom is -0.449 e. The number of rotatable bonds is 15. The molecule has 1 aliphatic carbocycles. The second-order valence-electron chi connectivity index (χ2n) is 9.76. The van der Waals surface area contributed by atoms with Gasteiger partial charge in [0.05, 0.1) is 0 Å². The fraction of sp³-hybridized carbons (Fsp3) is 0.500. The molecule has 0 aromatic heterocycles. The molecule has 2 aromatic rings. The molecule has 2 aromatic carbocycles. The number of carbonyl (C=O) groups excluding carboxylic acids is 3. The van der Waals surface area contributed by atoms with Gasteiger partial charge in [0, 0.05) is 32.0 Å². The van der Waals surface area contributed by atoms with Gasteiger partial charge in [0.2, 0.25) is 11.8 Å². The van der Waals surface area contributed by atoms with Crippen molar-refractivity contribution in [2.24, 2.45) is 5.92 Å². The number of hydrogen-bond acceptors (Lipinski definition) is 5. The predicted octanol–water partition coefficient (Wildman–Crippen LogP) is 4.12. The number of aliphatic hydroxyl groups excluding tert-OH is 1. The second-order valence-corrected chi connectivity index (χ2v) is 9.76. The highest BCUT2D eigenvalue weighted by atomic mass is 16.5. The van der Waals surface area contributed by atoms with Gasteiger partial charge < -0.3 is 25.8 Å². The normalized spacial score (nSPS) is 13.7. The van der Waals surface area contributed by atoms with Crippen LogP contribution in [0.1, 0.15) is 69.4 Å². The van der Waals surface area contributed by atoms with Crippen molar-refractivity contribution in [3.63, 3.8) is 0 Å². The zero-order chi connectivity index (χ0) is 27.3. The van der Waals surface area contributed by atoms with Crippen LogP contribution < -0.4 is 16.0 Å². The van der Waals surface area contributed by atoms with Gasteiger partial charge in [0.1, 0.15) is 12.6 Å². The molecule has 206 valence electrons. The Morgan fingerprint density at radius 2 is 1.55 bits per heavy atom. The molecule has 38 heavy (non-hydrogen) atoms. The Balaban J connectivity index is 1.44. The maximum Gasteiger partial charge on any atom is 0.407 e. The number of nitrogens with one attached hydrogen (secondary N) is 3. The quantitative estimate of drug-likeness (QED) is 0.262. The predicted molar refractivity (Wildman–Crippen MR) is 148 cm³/mol. The van der Waals surface area contributed by atoms with E-state index in [1.165, 1.54) is 0 Å². The molecule has 1 unspecified atom stereocenters. The Kier molecular flexibility index (Phi) is 11.6. The maximum absolute atomic E-state index is 12.7. The van der Waals surface area contributed by atoms with Crippen LogP contribution in [0.15, 0.2) is 48.5 Å². The van der Waals surface area contributed by atoms with E-state index in [-0.39, 0.29) is 50.3 Å². The molecule has 8 heteroatoms. The number of unbranched alkanes of at least 4 members (excludes halogenated alkanes) is 1. The van der Waals surface area contributed by atoms with Crippen LogP contribution in [0.25, 0.3) is 11.1 Å². The maximum atomic E-state index is 12.7. The highest BCUT2D eigenvalue weighted by Gasteiger charge is 2.29. The Bertz CT molecular complexity index is 1020. The van der Waals surface area contributed by atoms with Crippen LogP contribution in [-0.2, 0) is 14.3 Å². The molecule has 0 bridgehead atoms. The Hall–Kier alpha value is -3.39. The monoisotopic (exact) mass is 523 g/mol. The standard InChI is InChI=1S/C30H41N3O5/c1-3-21(19-34)11-9-10-17-31-29(36)27(33-28(35)4-2)16-18-32-30(37)38-20-26-24-14-7-5-12-22(24)23-13-6-8-15-25(23)26/h5-8,12-15,21,26-27,34H,3-4,9-11,16-20H2,1-2H3,(H,31,36)(H,32,37)(H,33,35)/t21?,27-/m0/s1. The second kappa shape index (κ2) is 15.1. The SMILES string of the molecule is CCC(=O)N[C@@H](CCNC(=O)OCC1c2ccccc2-c2ccccc21)C(=O)NCCCCC(CC)CO. The Labute approximate surface area is 225 Å². The smallest absolute Gasteiger partial charge is 0.407 e. The van der Waals surface area contributed by atoms with Crippen LogP contribution in [-0.4, -0.2) is 55.4 Å². The van der Waals surface area contributed by atoms with Gasteiger partial charge in [-0.15, -0.1) is 0 Å². The Morgan fingerprint density at radius 1 is 0.895 bits per heavy atom. The van der Waals surface area contributed by atoms with Crippen molar-refractivity contribution in [1.29, 1.82) is 0 Å². The zero-order valence-corrected chi connectivity index (χ0v) is 22.5. The van der Waals surface area contributed by atoms with E-state index >= 15 is 0 Å². The number of amides is 3. The third kappa shape index (κ3) is 8.05. The van der Waals surface area contributed by atoms with Gasteiger partial charge in [0.25, 0.3) is 0 Å². The van der Waals surface area contributed by atoms with Crippen molar-refractivity contribution in [3.8, 4) is 11.1 Å². The fourth-order valence-corrected chi connectivity index (χ4v) is 4.85. The van der Waals surface area contributed by atoms with Crippen LogP contribution in [0.2, 0.25) is 0 Å². The van der Waals surface area contributed by atoms with Crippen molar-refractivity contribution >= 4 is 17.9 Å². The first-order chi connectivity index (χ1) is 18.5. The van der Waals surface area contributed by atoms with E-state index in [0.717, 1.165) is 47.9 Å². The van der Waals surface area contributed by atoms with Gasteiger partial charge in [0.15, 0.2) is 0 Å². The van der Waals surface area contributed by atoms with E-state index < -0.39 is 12.1 Å². The molecule has 8 nitrogen and oxygen atoms in total. The molecule has 3 rings (SSSR count). The van der Waals surface area contributed by atoms with Gasteiger partial charge in [-0.1, -0.05) is 75.2 Å². The average molecular weight is 524 g/mol. The van der Waals surface area contributed by atoms with Crippen molar-refractivity contribution in [2.45, 2.75) is 64.3 Å². The number of benzene rings is 2. The van der Waals surface area contributed by atoms with E-state index in [2.05, 4.69) is 47.1 Å². The lowest BCUT2D eigenvalue weighted by atomic mass is 9.98. The molecule has 0 spiro atoms. The summed E-state index contributed by atoms with van der Waals surface area (Å²) in [5.74, 6) is -0.220. The molecule has 0 saturated heterocycles. The highest BCUT2D eigenvalue weighted by Crippen LogP contribution is 2.44. The van der Waals surface area contributed by atoms with Gasteiger partial charge >= 0.3 is 6.09 Å². The Morgan fingerprint density at radius 3 is 2.16 bits per heavy atom. The number of hydrogen-bond donors (Lipinski definition) is 4. The molecular formula is C30H41N3O5. The first kappa shape index (κ1) is 29.2. The molecule has 0 aliphatic heterocycles. The van der Waals surface area contributed by atoms with Crippen LogP contribution in [0.3, 0.4) is 0 Å². The third-order valence-corrected chi connectivity index (χ3v) is 7.19. The molecule has 3 amide bonds. The minimum atomic E-state index is -0.739. The summed E-state index contributed by atoms with van der Waals surface area (Å²) in [5, 5.41) is 17.6. The average Bonchev–Trinajstić information content (AvgIpc) is 3.26. The van der Waals surface area contributed by atoms with Crippen molar-refractivity contribution < 1.29 is 24.2 Å². The molecular weight excluding hydrogens is 482 g/mol. The van der Waals surface area contributed by atoms with Crippen molar-refractivity contribution in [1.82, 2.24) is 16.0 Å². The lowest BCUT2D eigenvalue weighted by Crippen LogP contribution is -2.48. The summed E-state index contributed by atoms with van der Waals surface area (Å²) in [6, 6.07) is 15.6. The van der Waals surface area contributed by atoms with Gasteiger partial charge in [-0.2, -0.15) is 0 Å². The molecule has 0 fully saturated rings. The number of alkyl carbamates (subject to hydrolysis) is 1. The summed E-state index contributed by atoms with van der Waals surface area (Å²) in [4.78, 5) is 37.1. The number of aliphatic hydroxyl groups is 1. The summed E-state index contributed by atoms with van der Waals surface area (Å²) >= 11 is 0. The summed E-state index contributed by atoms with van der Waals surface area (Å²) in [6.45, 7) is 4.87. The van der Waals surface area contributed by atoms with E-state index in [1.54, 1.807) is 6.92 Å². The van der Waals surface area contributed by atoms with E-state index in [0.29, 0.717) is 12.5 Å². The van der Waals surface area contributed by atoms with Gasteiger partial charge in [-0.05, 0) is 47.4 Å². The largest absolute Gasteiger partial charge is 0.449 e.